The first-order chi connectivity index (χ1) is 12.9. The number of aryl methyl sites for hydroxylation is 2. The van der Waals surface area contributed by atoms with E-state index in [0.29, 0.717) is 17.3 Å². The van der Waals surface area contributed by atoms with Crippen LogP contribution in [0.3, 0.4) is 0 Å². The summed E-state index contributed by atoms with van der Waals surface area (Å²) in [5.74, 6) is -0.111. The molecule has 1 amide bonds. The van der Waals surface area contributed by atoms with Crippen molar-refractivity contribution in [3.05, 3.63) is 46.7 Å². The summed E-state index contributed by atoms with van der Waals surface area (Å²) in [5.41, 5.74) is 0.917. The van der Waals surface area contributed by atoms with Crippen LogP contribution in [-0.4, -0.2) is 45.7 Å². The second-order valence-electron chi connectivity index (χ2n) is 6.36. The van der Waals surface area contributed by atoms with E-state index in [4.69, 9.17) is 9.15 Å². The van der Waals surface area contributed by atoms with Gasteiger partial charge in [0.05, 0.1) is 30.7 Å². The van der Waals surface area contributed by atoms with Crippen molar-refractivity contribution in [3.8, 4) is 0 Å². The topological polar surface area (TPSA) is 119 Å². The van der Waals surface area contributed by atoms with Crippen LogP contribution < -0.4 is 9.62 Å². The summed E-state index contributed by atoms with van der Waals surface area (Å²) in [5, 5.41) is 2.77. The van der Waals surface area contributed by atoms with Crippen LogP contribution in [0.2, 0.25) is 0 Å². The number of oxazole rings is 1. The van der Waals surface area contributed by atoms with Crippen molar-refractivity contribution in [3.63, 3.8) is 0 Å². The molecule has 10 heteroatoms. The maximum absolute atomic E-state index is 12.7. The molecule has 1 unspecified atom stereocenters. The van der Waals surface area contributed by atoms with Crippen LogP contribution in [0, 0.1) is 13.8 Å². The number of rotatable bonds is 6. The van der Waals surface area contributed by atoms with Crippen LogP contribution in [0.4, 0.5) is 5.69 Å². The molecular formula is C18H23N3O6S. The quantitative estimate of drug-likeness (QED) is 0.724. The molecule has 2 rings (SSSR count). The predicted octanol–water partition coefficient (Wildman–Crippen LogP) is 1.96. The van der Waals surface area contributed by atoms with E-state index < -0.39 is 27.9 Å². The number of methoxy groups -OCH3 is 1. The maximum atomic E-state index is 12.7. The molecule has 1 aromatic heterocycles. The minimum absolute atomic E-state index is 0.0572. The van der Waals surface area contributed by atoms with Crippen molar-refractivity contribution in [2.75, 3.05) is 24.7 Å². The van der Waals surface area contributed by atoms with Crippen molar-refractivity contribution in [1.29, 1.82) is 0 Å². The van der Waals surface area contributed by atoms with E-state index in [0.717, 1.165) is 10.6 Å². The van der Waals surface area contributed by atoms with Crippen LogP contribution in [0.1, 0.15) is 51.0 Å². The zero-order valence-electron chi connectivity index (χ0n) is 16.6. The number of hydrogen-bond donors (Lipinski definition) is 1. The third-order valence-corrected chi connectivity index (χ3v) is 5.37. The van der Waals surface area contributed by atoms with E-state index in [1.165, 1.54) is 32.4 Å². The van der Waals surface area contributed by atoms with Gasteiger partial charge in [-0.1, -0.05) is 0 Å². The summed E-state index contributed by atoms with van der Waals surface area (Å²) in [4.78, 5) is 29.0. The Hall–Kier alpha value is -2.88. The standard InChI is InChI=1S/C18H23N3O6S/c1-10(16-11(2)27-12(3)20-16)19-17(22)13-7-14(18(23)26-5)9-15(8-13)21(4)28(6,24)25/h7-10H,1-6H3,(H,19,22). The van der Waals surface area contributed by atoms with Crippen molar-refractivity contribution in [2.24, 2.45) is 0 Å². The molecule has 0 spiro atoms. The summed E-state index contributed by atoms with van der Waals surface area (Å²) in [6.07, 6.45) is 1.02. The van der Waals surface area contributed by atoms with Gasteiger partial charge in [0.1, 0.15) is 11.5 Å². The monoisotopic (exact) mass is 409 g/mol. The van der Waals surface area contributed by atoms with Gasteiger partial charge < -0.3 is 14.5 Å². The number of hydrogen-bond acceptors (Lipinski definition) is 7. The molecule has 0 radical (unpaired) electrons. The van der Waals surface area contributed by atoms with E-state index in [2.05, 4.69) is 10.3 Å². The first-order valence-electron chi connectivity index (χ1n) is 8.36. The molecule has 1 atom stereocenters. The first-order valence-corrected chi connectivity index (χ1v) is 10.2. The van der Waals surface area contributed by atoms with Crippen molar-refractivity contribution in [1.82, 2.24) is 10.3 Å². The molecule has 1 aromatic carbocycles. The summed E-state index contributed by atoms with van der Waals surface area (Å²) >= 11 is 0. The van der Waals surface area contributed by atoms with Crippen LogP contribution in [0.5, 0.6) is 0 Å². The number of carbonyl (C=O) groups is 2. The smallest absolute Gasteiger partial charge is 0.337 e. The fourth-order valence-corrected chi connectivity index (χ4v) is 3.13. The number of aromatic nitrogens is 1. The molecule has 1 N–H and O–H groups in total. The van der Waals surface area contributed by atoms with Crippen LogP contribution in [-0.2, 0) is 14.8 Å². The lowest BCUT2D eigenvalue weighted by Crippen LogP contribution is -2.29. The van der Waals surface area contributed by atoms with Crippen molar-refractivity contribution < 1.29 is 27.2 Å². The van der Waals surface area contributed by atoms with Crippen molar-refractivity contribution in [2.45, 2.75) is 26.8 Å². The number of benzene rings is 1. The largest absolute Gasteiger partial charge is 0.465 e. The zero-order chi connectivity index (χ0) is 21.2. The summed E-state index contributed by atoms with van der Waals surface area (Å²) in [7, 11) is -1.06. The Morgan fingerprint density at radius 3 is 2.32 bits per heavy atom. The highest BCUT2D eigenvalue weighted by atomic mass is 32.2. The molecule has 0 aliphatic rings. The number of esters is 1. The highest BCUT2D eigenvalue weighted by molar-refractivity contribution is 7.92. The van der Waals surface area contributed by atoms with Gasteiger partial charge in [-0.05, 0) is 32.0 Å². The SMILES string of the molecule is COC(=O)c1cc(C(=O)NC(C)c2nc(C)oc2C)cc(N(C)S(C)(=O)=O)c1. The Labute approximate surface area is 163 Å². The molecule has 152 valence electrons. The van der Waals surface area contributed by atoms with Gasteiger partial charge in [0, 0.05) is 19.5 Å². The molecule has 2 aromatic rings. The average molecular weight is 409 g/mol. The normalized spacial score (nSPS) is 12.4. The number of amides is 1. The minimum atomic E-state index is -3.59. The fourth-order valence-electron chi connectivity index (χ4n) is 2.65. The Morgan fingerprint density at radius 1 is 1.21 bits per heavy atom. The predicted molar refractivity (Wildman–Crippen MR) is 103 cm³/mol. The molecule has 28 heavy (non-hydrogen) atoms. The van der Waals surface area contributed by atoms with E-state index in [1.807, 2.05) is 0 Å². The number of sulfonamides is 1. The molecule has 9 nitrogen and oxygen atoms in total. The average Bonchev–Trinajstić information content (AvgIpc) is 2.97. The molecule has 0 aliphatic carbocycles. The number of nitrogens with zero attached hydrogens (tertiary/aromatic N) is 2. The second-order valence-corrected chi connectivity index (χ2v) is 8.37. The fraction of sp³-hybridized carbons (Fsp3) is 0.389. The molecule has 0 bridgehead atoms. The third kappa shape index (κ3) is 4.69. The van der Waals surface area contributed by atoms with E-state index >= 15 is 0 Å². The molecule has 0 fully saturated rings. The van der Waals surface area contributed by atoms with Gasteiger partial charge >= 0.3 is 5.97 Å². The highest BCUT2D eigenvalue weighted by Gasteiger charge is 2.21. The maximum Gasteiger partial charge on any atom is 0.337 e. The lowest BCUT2D eigenvalue weighted by Gasteiger charge is -2.19. The lowest BCUT2D eigenvalue weighted by atomic mass is 10.1. The van der Waals surface area contributed by atoms with Gasteiger partial charge in [-0.25, -0.2) is 18.2 Å². The van der Waals surface area contributed by atoms with Gasteiger partial charge in [0.2, 0.25) is 10.0 Å². The molecule has 0 saturated carbocycles. The summed E-state index contributed by atoms with van der Waals surface area (Å²) in [6, 6.07) is 3.62. The van der Waals surface area contributed by atoms with Crippen LogP contribution in [0.25, 0.3) is 0 Å². The highest BCUT2D eigenvalue weighted by Crippen LogP contribution is 2.23. The van der Waals surface area contributed by atoms with Crippen LogP contribution in [0.15, 0.2) is 22.6 Å². The van der Waals surface area contributed by atoms with Gasteiger partial charge in [-0.2, -0.15) is 0 Å². The summed E-state index contributed by atoms with van der Waals surface area (Å²) < 4.78 is 34.8. The Bertz CT molecular complexity index is 1010. The van der Waals surface area contributed by atoms with Crippen LogP contribution >= 0.6 is 0 Å². The Kier molecular flexibility index (Phi) is 6.13. The Morgan fingerprint density at radius 2 is 1.82 bits per heavy atom. The third-order valence-electron chi connectivity index (χ3n) is 4.16. The number of ether oxygens (including phenoxy) is 1. The second kappa shape index (κ2) is 8.01. The zero-order valence-corrected chi connectivity index (χ0v) is 17.4. The number of nitrogens with one attached hydrogen (secondary N) is 1. The number of anilines is 1. The molecular weight excluding hydrogens is 386 g/mol. The lowest BCUT2D eigenvalue weighted by molar-refractivity contribution is 0.0600. The Balaban J connectivity index is 2.41. The van der Waals surface area contributed by atoms with Gasteiger partial charge in [-0.15, -0.1) is 0 Å². The molecule has 1 heterocycles. The van der Waals surface area contributed by atoms with E-state index in [-0.39, 0.29) is 16.8 Å². The number of carbonyl (C=O) groups excluding carboxylic acids is 2. The first kappa shape index (κ1) is 21.4. The van der Waals surface area contributed by atoms with E-state index in [9.17, 15) is 18.0 Å². The van der Waals surface area contributed by atoms with E-state index in [1.54, 1.807) is 20.8 Å². The van der Waals surface area contributed by atoms with Gasteiger partial charge in [0.15, 0.2) is 5.89 Å². The summed E-state index contributed by atoms with van der Waals surface area (Å²) in [6.45, 7) is 5.20. The van der Waals surface area contributed by atoms with Crippen molar-refractivity contribution >= 4 is 27.6 Å². The minimum Gasteiger partial charge on any atom is -0.465 e. The van der Waals surface area contributed by atoms with Gasteiger partial charge in [0.25, 0.3) is 5.91 Å². The van der Waals surface area contributed by atoms with Gasteiger partial charge in [-0.3, -0.25) is 9.10 Å². The molecule has 0 aliphatic heterocycles. The molecule has 0 saturated heterocycles.